The van der Waals surface area contributed by atoms with E-state index in [9.17, 15) is 13.6 Å². The minimum absolute atomic E-state index is 0.0919. The molecule has 0 aliphatic carbocycles. The van der Waals surface area contributed by atoms with Crippen LogP contribution in [0.25, 0.3) is 21.5 Å². The number of carbonyl (C=O) groups is 1. The first-order valence-corrected chi connectivity index (χ1v) is 10.5. The molecule has 4 heterocycles. The third kappa shape index (κ3) is 5.00. The van der Waals surface area contributed by atoms with Gasteiger partial charge in [-0.25, -0.2) is 13.8 Å². The van der Waals surface area contributed by atoms with Crippen LogP contribution in [0.5, 0.6) is 0 Å². The number of carbonyl (C=O) groups excluding carboxylic acids is 1. The average Bonchev–Trinajstić information content (AvgIpc) is 3.21. The summed E-state index contributed by atoms with van der Waals surface area (Å²) < 4.78 is 26.3. The van der Waals surface area contributed by atoms with Crippen molar-refractivity contribution in [2.75, 3.05) is 19.6 Å². The molecular formula is C21H22F2N4OS. The van der Waals surface area contributed by atoms with Crippen molar-refractivity contribution in [3.8, 4) is 10.6 Å². The molecule has 0 atom stereocenters. The largest absolute Gasteiger partial charge is 0.299 e. The second kappa shape index (κ2) is 8.20. The Hall–Kier alpha value is -2.32. The summed E-state index contributed by atoms with van der Waals surface area (Å²) in [5.74, 6) is -2.67. The average molecular weight is 416 g/mol. The van der Waals surface area contributed by atoms with Crippen LogP contribution in [0.15, 0.2) is 36.1 Å². The Kier molecular flexibility index (Phi) is 5.65. The number of pyridine rings is 2. The molecule has 1 saturated heterocycles. The number of thiazole rings is 1. The van der Waals surface area contributed by atoms with E-state index >= 15 is 0 Å². The molecule has 0 aromatic carbocycles. The molecule has 0 unspecified atom stereocenters. The lowest BCUT2D eigenvalue weighted by Crippen LogP contribution is -2.42. The Morgan fingerprint density at radius 1 is 1.28 bits per heavy atom. The minimum atomic E-state index is -2.70. The van der Waals surface area contributed by atoms with Crippen molar-refractivity contribution in [2.24, 2.45) is 5.92 Å². The van der Waals surface area contributed by atoms with E-state index in [1.54, 1.807) is 22.8 Å². The van der Waals surface area contributed by atoms with Crippen LogP contribution >= 0.6 is 11.3 Å². The summed E-state index contributed by atoms with van der Waals surface area (Å²) in [6, 6.07) is 5.77. The number of hydrogen-bond donors (Lipinski definition) is 0. The fourth-order valence-corrected chi connectivity index (χ4v) is 4.35. The maximum absolute atomic E-state index is 13.2. The van der Waals surface area contributed by atoms with Gasteiger partial charge < -0.3 is 0 Å². The van der Waals surface area contributed by atoms with Crippen molar-refractivity contribution >= 4 is 28.0 Å². The SMILES string of the molecule is CC(F)(F)CN1CCC(C(=O)Cc2cc3nc(-c4cncs4)ccc3cn2)CC1. The van der Waals surface area contributed by atoms with Crippen LogP contribution in [0, 0.1) is 5.92 Å². The summed E-state index contributed by atoms with van der Waals surface area (Å²) in [5.41, 5.74) is 4.11. The molecule has 3 aromatic rings. The number of Topliss-reactive ketones (excluding diaryl/α,β-unsaturated/α-hetero) is 1. The van der Waals surface area contributed by atoms with Gasteiger partial charge >= 0.3 is 0 Å². The van der Waals surface area contributed by atoms with E-state index in [0.29, 0.717) is 31.6 Å². The number of hydrogen-bond acceptors (Lipinski definition) is 6. The van der Waals surface area contributed by atoms with E-state index < -0.39 is 5.92 Å². The highest BCUT2D eigenvalue weighted by atomic mass is 32.1. The van der Waals surface area contributed by atoms with Gasteiger partial charge in [-0.1, -0.05) is 0 Å². The van der Waals surface area contributed by atoms with Crippen molar-refractivity contribution in [2.45, 2.75) is 32.1 Å². The topological polar surface area (TPSA) is 59.0 Å². The molecule has 0 N–H and O–H groups in total. The molecule has 5 nitrogen and oxygen atoms in total. The van der Waals surface area contributed by atoms with Gasteiger partial charge in [-0.3, -0.25) is 19.7 Å². The van der Waals surface area contributed by atoms with Crippen molar-refractivity contribution < 1.29 is 13.6 Å². The first-order chi connectivity index (χ1) is 13.9. The van der Waals surface area contributed by atoms with Crippen LogP contribution in [0.1, 0.15) is 25.5 Å². The Morgan fingerprint density at radius 2 is 2.07 bits per heavy atom. The van der Waals surface area contributed by atoms with Crippen molar-refractivity contribution in [1.82, 2.24) is 19.9 Å². The second-order valence-corrected chi connectivity index (χ2v) is 8.58. The fraction of sp³-hybridized carbons (Fsp3) is 0.429. The molecule has 29 heavy (non-hydrogen) atoms. The zero-order valence-electron chi connectivity index (χ0n) is 16.1. The van der Waals surface area contributed by atoms with Crippen molar-refractivity contribution in [3.63, 3.8) is 0 Å². The fourth-order valence-electron chi connectivity index (χ4n) is 3.76. The number of alkyl halides is 2. The molecular weight excluding hydrogens is 394 g/mol. The molecule has 0 saturated carbocycles. The van der Waals surface area contributed by atoms with Crippen LogP contribution in [0.3, 0.4) is 0 Å². The summed E-state index contributed by atoms with van der Waals surface area (Å²) in [5, 5.41) is 0.920. The molecule has 1 aliphatic heterocycles. The number of nitrogens with zero attached hydrogens (tertiary/aromatic N) is 4. The van der Waals surface area contributed by atoms with E-state index in [1.165, 1.54) is 11.3 Å². The van der Waals surface area contributed by atoms with Gasteiger partial charge in [-0.2, -0.15) is 0 Å². The molecule has 8 heteroatoms. The lowest BCUT2D eigenvalue weighted by atomic mass is 9.90. The zero-order valence-corrected chi connectivity index (χ0v) is 17.0. The first kappa shape index (κ1) is 20.0. The van der Waals surface area contributed by atoms with Gasteiger partial charge in [0.05, 0.1) is 28.1 Å². The van der Waals surface area contributed by atoms with Gasteiger partial charge in [0.15, 0.2) is 0 Å². The van der Waals surface area contributed by atoms with E-state index in [1.807, 2.05) is 18.2 Å². The Morgan fingerprint density at radius 3 is 2.76 bits per heavy atom. The maximum Gasteiger partial charge on any atom is 0.257 e. The van der Waals surface area contributed by atoms with E-state index in [0.717, 1.165) is 28.4 Å². The number of rotatable bonds is 6. The van der Waals surface area contributed by atoms with Crippen LogP contribution in [-0.2, 0) is 11.2 Å². The predicted molar refractivity (Wildman–Crippen MR) is 109 cm³/mol. The lowest BCUT2D eigenvalue weighted by molar-refractivity contribution is -0.124. The molecule has 0 spiro atoms. The van der Waals surface area contributed by atoms with Gasteiger partial charge in [0, 0.05) is 42.7 Å². The standard InChI is InChI=1S/C21H22F2N4OS/c1-21(22,23)12-27-6-4-14(5-7-27)19(28)9-16-8-18-15(10-25-16)2-3-17(26-18)20-11-24-13-29-20/h2-3,8,10-11,13-14H,4-7,9,12H2,1H3. The molecule has 1 aliphatic rings. The van der Waals surface area contributed by atoms with Crippen molar-refractivity contribution in [3.05, 3.63) is 41.8 Å². The lowest BCUT2D eigenvalue weighted by Gasteiger charge is -2.32. The normalized spacial score (nSPS) is 16.4. The van der Waals surface area contributed by atoms with E-state index in [4.69, 9.17) is 0 Å². The summed E-state index contributed by atoms with van der Waals surface area (Å²) in [6.07, 6.45) is 5.02. The number of fused-ring (bicyclic) bond motifs is 1. The number of ketones is 1. The van der Waals surface area contributed by atoms with Crippen LogP contribution in [0.4, 0.5) is 8.78 Å². The van der Waals surface area contributed by atoms with Gasteiger partial charge in [-0.05, 0) is 44.1 Å². The monoisotopic (exact) mass is 416 g/mol. The predicted octanol–water partition coefficient (Wildman–Crippen LogP) is 4.23. The van der Waals surface area contributed by atoms with Crippen LogP contribution in [0.2, 0.25) is 0 Å². The van der Waals surface area contributed by atoms with Crippen LogP contribution < -0.4 is 0 Å². The van der Waals surface area contributed by atoms with Gasteiger partial charge in [0.1, 0.15) is 5.78 Å². The molecule has 1 fully saturated rings. The number of halogens is 2. The molecule has 3 aromatic heterocycles. The van der Waals surface area contributed by atoms with E-state index in [2.05, 4.69) is 15.0 Å². The third-order valence-corrected chi connectivity index (χ3v) is 6.01. The van der Waals surface area contributed by atoms with Crippen molar-refractivity contribution in [1.29, 1.82) is 0 Å². The smallest absolute Gasteiger partial charge is 0.257 e. The Bertz CT molecular complexity index is 996. The zero-order chi connectivity index (χ0) is 20.4. The molecule has 0 amide bonds. The summed E-state index contributed by atoms with van der Waals surface area (Å²) >= 11 is 1.53. The molecule has 0 bridgehead atoms. The third-order valence-electron chi connectivity index (χ3n) is 5.21. The maximum atomic E-state index is 13.2. The molecule has 4 rings (SSSR count). The number of piperidine rings is 1. The van der Waals surface area contributed by atoms with Gasteiger partial charge in [0.25, 0.3) is 5.92 Å². The highest BCUT2D eigenvalue weighted by Gasteiger charge is 2.30. The Balaban J connectivity index is 1.42. The first-order valence-electron chi connectivity index (χ1n) is 9.65. The summed E-state index contributed by atoms with van der Waals surface area (Å²) in [7, 11) is 0. The van der Waals surface area contributed by atoms with Crippen LogP contribution in [-0.4, -0.2) is 51.2 Å². The minimum Gasteiger partial charge on any atom is -0.299 e. The molecule has 152 valence electrons. The number of likely N-dealkylation sites (tertiary alicyclic amines) is 1. The summed E-state index contributed by atoms with van der Waals surface area (Å²) in [6.45, 7) is 1.76. The van der Waals surface area contributed by atoms with E-state index in [-0.39, 0.29) is 24.7 Å². The quantitative estimate of drug-likeness (QED) is 0.602. The highest BCUT2D eigenvalue weighted by molar-refractivity contribution is 7.13. The molecule has 0 radical (unpaired) electrons. The van der Waals surface area contributed by atoms with Gasteiger partial charge in [0.2, 0.25) is 0 Å². The highest BCUT2D eigenvalue weighted by Crippen LogP contribution is 2.25. The Labute approximate surface area is 171 Å². The summed E-state index contributed by atoms with van der Waals surface area (Å²) in [4.78, 5) is 28.6. The number of aromatic nitrogens is 3. The van der Waals surface area contributed by atoms with Gasteiger partial charge in [-0.15, -0.1) is 11.3 Å². The second-order valence-electron chi connectivity index (χ2n) is 7.69.